The number of likely N-dealkylation sites (tertiary alicyclic amines) is 1. The molecule has 0 bridgehead atoms. The number of carbonyl (C=O) groups is 1. The largest absolute Gasteiger partial charge is 0.471 e. The Labute approximate surface area is 169 Å². The van der Waals surface area contributed by atoms with Gasteiger partial charge in [-0.2, -0.15) is 4.31 Å². The van der Waals surface area contributed by atoms with Crippen LogP contribution < -0.4 is 4.74 Å². The molecule has 1 aromatic heterocycles. The van der Waals surface area contributed by atoms with Crippen molar-refractivity contribution in [3.63, 3.8) is 0 Å². The van der Waals surface area contributed by atoms with Crippen LogP contribution in [0.4, 0.5) is 0 Å². The van der Waals surface area contributed by atoms with Gasteiger partial charge in [-0.05, 0) is 24.3 Å². The second-order valence-electron chi connectivity index (χ2n) is 6.86. The molecule has 0 radical (unpaired) electrons. The van der Waals surface area contributed by atoms with Crippen LogP contribution in [-0.2, 0) is 14.8 Å². The quantitative estimate of drug-likeness (QED) is 0.707. The highest BCUT2D eigenvalue weighted by atomic mass is 32.2. The van der Waals surface area contributed by atoms with Gasteiger partial charge in [0.05, 0.1) is 30.9 Å². The maximum atomic E-state index is 12.8. The smallest absolute Gasteiger partial charge is 0.253 e. The summed E-state index contributed by atoms with van der Waals surface area (Å²) in [5.41, 5.74) is 0.450. The van der Waals surface area contributed by atoms with Crippen molar-refractivity contribution in [3.8, 4) is 5.88 Å². The first-order chi connectivity index (χ1) is 14.0. The lowest BCUT2D eigenvalue weighted by atomic mass is 10.2. The highest BCUT2D eigenvalue weighted by Gasteiger charge is 2.30. The van der Waals surface area contributed by atoms with Crippen LogP contribution in [-0.4, -0.2) is 79.0 Å². The van der Waals surface area contributed by atoms with Crippen LogP contribution >= 0.6 is 0 Å². The third-order valence-corrected chi connectivity index (χ3v) is 6.88. The number of morpholine rings is 1. The first kappa shape index (κ1) is 19.7. The molecule has 1 aromatic carbocycles. The molecule has 29 heavy (non-hydrogen) atoms. The lowest BCUT2D eigenvalue weighted by Gasteiger charge is -2.26. The van der Waals surface area contributed by atoms with Crippen LogP contribution in [0.25, 0.3) is 0 Å². The van der Waals surface area contributed by atoms with Crippen LogP contribution in [0.1, 0.15) is 16.8 Å². The minimum atomic E-state index is -3.57. The second kappa shape index (κ2) is 8.44. The average Bonchev–Trinajstić information content (AvgIpc) is 3.23. The van der Waals surface area contributed by atoms with Gasteiger partial charge in [0, 0.05) is 44.0 Å². The van der Waals surface area contributed by atoms with Gasteiger partial charge < -0.3 is 14.4 Å². The van der Waals surface area contributed by atoms with Gasteiger partial charge in [-0.15, -0.1) is 0 Å². The lowest BCUT2D eigenvalue weighted by molar-refractivity contribution is 0.0730. The molecule has 2 fully saturated rings. The third kappa shape index (κ3) is 4.39. The van der Waals surface area contributed by atoms with E-state index in [0.717, 1.165) is 0 Å². The molecule has 154 valence electrons. The molecule has 1 atom stereocenters. The van der Waals surface area contributed by atoms with Gasteiger partial charge in [0.1, 0.15) is 6.10 Å². The summed E-state index contributed by atoms with van der Waals surface area (Å²) < 4.78 is 37.8. The standard InChI is InChI=1S/C19H22N4O5S/c24-19(22-8-5-16(14-22)28-18-13-20-6-7-21-18)15-1-3-17(4-2-15)29(25,26)23-9-11-27-12-10-23/h1-4,6-7,13,16H,5,8-12,14H2. The Hall–Kier alpha value is -2.56. The van der Waals surface area contributed by atoms with Gasteiger partial charge >= 0.3 is 0 Å². The summed E-state index contributed by atoms with van der Waals surface area (Å²) in [4.78, 5) is 22.7. The van der Waals surface area contributed by atoms with Crippen LogP contribution in [0.2, 0.25) is 0 Å². The van der Waals surface area contributed by atoms with E-state index in [1.807, 2.05) is 0 Å². The molecule has 9 nitrogen and oxygen atoms in total. The monoisotopic (exact) mass is 418 g/mol. The van der Waals surface area contributed by atoms with Crippen molar-refractivity contribution in [2.45, 2.75) is 17.4 Å². The zero-order valence-electron chi connectivity index (χ0n) is 15.8. The maximum absolute atomic E-state index is 12.8. The Morgan fingerprint density at radius 3 is 2.55 bits per heavy atom. The Morgan fingerprint density at radius 1 is 1.10 bits per heavy atom. The number of carbonyl (C=O) groups excluding carboxylic acids is 1. The SMILES string of the molecule is O=C(c1ccc(S(=O)(=O)N2CCOCC2)cc1)N1CCC(Oc2cnccn2)C1. The van der Waals surface area contributed by atoms with E-state index in [1.165, 1.54) is 22.6 Å². The summed E-state index contributed by atoms with van der Waals surface area (Å²) in [5, 5.41) is 0. The summed E-state index contributed by atoms with van der Waals surface area (Å²) in [6, 6.07) is 6.10. The van der Waals surface area contributed by atoms with Crippen molar-refractivity contribution < 1.29 is 22.7 Å². The first-order valence-corrected chi connectivity index (χ1v) is 10.9. The minimum absolute atomic E-state index is 0.142. The third-order valence-electron chi connectivity index (χ3n) is 4.97. The lowest BCUT2D eigenvalue weighted by Crippen LogP contribution is -2.40. The number of aromatic nitrogens is 2. The highest BCUT2D eigenvalue weighted by molar-refractivity contribution is 7.89. The number of benzene rings is 1. The summed E-state index contributed by atoms with van der Waals surface area (Å²) in [7, 11) is -3.57. The summed E-state index contributed by atoms with van der Waals surface area (Å²) in [6.45, 7) is 2.47. The topological polar surface area (TPSA) is 102 Å². The fraction of sp³-hybridized carbons (Fsp3) is 0.421. The number of nitrogens with zero attached hydrogens (tertiary/aromatic N) is 4. The predicted molar refractivity (Wildman–Crippen MR) is 103 cm³/mol. The number of hydrogen-bond acceptors (Lipinski definition) is 7. The number of ether oxygens (including phenoxy) is 2. The van der Waals surface area contributed by atoms with Gasteiger partial charge in [-0.25, -0.2) is 13.4 Å². The van der Waals surface area contributed by atoms with Crippen molar-refractivity contribution in [1.82, 2.24) is 19.2 Å². The summed E-state index contributed by atoms with van der Waals surface area (Å²) in [5.74, 6) is 0.287. The van der Waals surface area contributed by atoms with Crippen molar-refractivity contribution in [3.05, 3.63) is 48.4 Å². The fourth-order valence-electron chi connectivity index (χ4n) is 3.41. The van der Waals surface area contributed by atoms with Gasteiger partial charge in [-0.1, -0.05) is 0 Å². The van der Waals surface area contributed by atoms with Crippen LogP contribution in [0.15, 0.2) is 47.8 Å². The summed E-state index contributed by atoms with van der Waals surface area (Å²) >= 11 is 0. The molecule has 10 heteroatoms. The predicted octanol–water partition coefficient (Wildman–Crippen LogP) is 0.791. The molecule has 1 unspecified atom stereocenters. The molecule has 0 aliphatic carbocycles. The molecular weight excluding hydrogens is 396 g/mol. The van der Waals surface area contributed by atoms with E-state index in [4.69, 9.17) is 9.47 Å². The van der Waals surface area contributed by atoms with Crippen LogP contribution in [0.3, 0.4) is 0 Å². The Bertz CT molecular complexity index is 946. The van der Waals surface area contributed by atoms with Gasteiger partial charge in [-0.3, -0.25) is 9.78 Å². The molecule has 0 N–H and O–H groups in total. The van der Waals surface area contributed by atoms with E-state index >= 15 is 0 Å². The molecule has 0 saturated carbocycles. The molecule has 0 spiro atoms. The highest BCUT2D eigenvalue weighted by Crippen LogP contribution is 2.21. The zero-order chi connectivity index (χ0) is 20.3. The van der Waals surface area contributed by atoms with E-state index in [0.29, 0.717) is 57.3 Å². The maximum Gasteiger partial charge on any atom is 0.253 e. The van der Waals surface area contributed by atoms with Gasteiger partial charge in [0.2, 0.25) is 15.9 Å². The number of rotatable bonds is 5. The molecule has 2 saturated heterocycles. The van der Waals surface area contributed by atoms with Crippen molar-refractivity contribution in [2.75, 3.05) is 39.4 Å². The molecule has 1 amide bonds. The van der Waals surface area contributed by atoms with E-state index in [1.54, 1.807) is 29.4 Å². The molecular formula is C19H22N4O5S. The zero-order valence-corrected chi connectivity index (χ0v) is 16.6. The molecule has 2 aliphatic rings. The fourth-order valence-corrected chi connectivity index (χ4v) is 4.82. The molecule has 3 heterocycles. The van der Waals surface area contributed by atoms with Crippen molar-refractivity contribution in [2.24, 2.45) is 0 Å². The van der Waals surface area contributed by atoms with E-state index < -0.39 is 10.0 Å². The summed E-state index contributed by atoms with van der Waals surface area (Å²) in [6.07, 6.45) is 5.22. The number of hydrogen-bond donors (Lipinski definition) is 0. The van der Waals surface area contributed by atoms with E-state index in [2.05, 4.69) is 9.97 Å². The van der Waals surface area contributed by atoms with Crippen LogP contribution in [0.5, 0.6) is 5.88 Å². The van der Waals surface area contributed by atoms with Gasteiger partial charge in [0.25, 0.3) is 5.91 Å². The number of amides is 1. The second-order valence-corrected chi connectivity index (χ2v) is 8.80. The average molecular weight is 418 g/mol. The van der Waals surface area contributed by atoms with Crippen LogP contribution in [0, 0.1) is 0 Å². The molecule has 2 aliphatic heterocycles. The van der Waals surface area contributed by atoms with Gasteiger partial charge in [0.15, 0.2) is 0 Å². The Kier molecular flexibility index (Phi) is 5.74. The van der Waals surface area contributed by atoms with E-state index in [9.17, 15) is 13.2 Å². The van der Waals surface area contributed by atoms with Crippen molar-refractivity contribution in [1.29, 1.82) is 0 Å². The molecule has 2 aromatic rings. The van der Waals surface area contributed by atoms with E-state index in [-0.39, 0.29) is 16.9 Å². The Morgan fingerprint density at radius 2 is 1.86 bits per heavy atom. The normalized spacial score (nSPS) is 20.6. The number of sulfonamides is 1. The van der Waals surface area contributed by atoms with Crippen molar-refractivity contribution >= 4 is 15.9 Å². The Balaban J connectivity index is 1.39. The first-order valence-electron chi connectivity index (χ1n) is 9.44. The minimum Gasteiger partial charge on any atom is -0.471 e. The molecule has 4 rings (SSSR count).